The summed E-state index contributed by atoms with van der Waals surface area (Å²) in [6.07, 6.45) is 8.99. The zero-order chi connectivity index (χ0) is 15.5. The average Bonchev–Trinajstić information content (AvgIpc) is 2.89. The molecule has 2 bridgehead atoms. The third-order valence-electron chi connectivity index (χ3n) is 5.82. The Hall–Kier alpha value is -1.41. The predicted molar refractivity (Wildman–Crippen MR) is 90.6 cm³/mol. The van der Waals surface area contributed by atoms with E-state index in [2.05, 4.69) is 48.7 Å². The fourth-order valence-corrected chi connectivity index (χ4v) is 4.73. The molecular weight excluding hydrogens is 270 g/mol. The summed E-state index contributed by atoms with van der Waals surface area (Å²) in [6, 6.07) is 12.2. The van der Waals surface area contributed by atoms with Gasteiger partial charge in [-0.05, 0) is 50.5 Å². The van der Waals surface area contributed by atoms with Gasteiger partial charge in [0, 0.05) is 24.0 Å². The molecule has 2 fully saturated rings. The van der Waals surface area contributed by atoms with E-state index < -0.39 is 0 Å². The minimum atomic E-state index is 0.164. The minimum absolute atomic E-state index is 0.164. The Morgan fingerprint density at radius 1 is 1.23 bits per heavy atom. The summed E-state index contributed by atoms with van der Waals surface area (Å²) in [5, 5.41) is 0. The highest BCUT2D eigenvalue weighted by atomic mass is 16.1. The van der Waals surface area contributed by atoms with Crippen molar-refractivity contribution in [2.45, 2.75) is 57.2 Å². The van der Waals surface area contributed by atoms with Crippen LogP contribution in [0.3, 0.4) is 0 Å². The summed E-state index contributed by atoms with van der Waals surface area (Å²) in [5.74, 6) is 0.646. The third kappa shape index (κ3) is 2.77. The van der Waals surface area contributed by atoms with Crippen LogP contribution < -0.4 is 0 Å². The SMILES string of the molecule is C=CCC1CC[C@@H]2CC[C@H](C1C=O)N2[C@H](C)c1ccccc1. The number of carbonyl (C=O) groups is 1. The van der Waals surface area contributed by atoms with Gasteiger partial charge in [0.2, 0.25) is 0 Å². The van der Waals surface area contributed by atoms with Gasteiger partial charge in [-0.2, -0.15) is 0 Å². The van der Waals surface area contributed by atoms with Crippen molar-refractivity contribution in [2.24, 2.45) is 11.8 Å². The second kappa shape index (κ2) is 6.78. The molecule has 0 spiro atoms. The summed E-state index contributed by atoms with van der Waals surface area (Å²) in [5.41, 5.74) is 1.37. The third-order valence-corrected chi connectivity index (χ3v) is 5.82. The molecule has 0 N–H and O–H groups in total. The summed E-state index contributed by atoms with van der Waals surface area (Å²) in [6.45, 7) is 6.19. The van der Waals surface area contributed by atoms with Gasteiger partial charge in [-0.1, -0.05) is 36.4 Å². The van der Waals surface area contributed by atoms with Gasteiger partial charge in [0.05, 0.1) is 0 Å². The summed E-state index contributed by atoms with van der Waals surface area (Å²) in [4.78, 5) is 14.5. The second-order valence-corrected chi connectivity index (χ2v) is 6.91. The van der Waals surface area contributed by atoms with E-state index in [1.54, 1.807) is 0 Å². The lowest BCUT2D eigenvalue weighted by atomic mass is 9.80. The predicted octanol–water partition coefficient (Wildman–Crippen LogP) is 4.38. The van der Waals surface area contributed by atoms with E-state index >= 15 is 0 Å². The van der Waals surface area contributed by atoms with Gasteiger partial charge >= 0.3 is 0 Å². The molecule has 0 radical (unpaired) electrons. The molecule has 2 heterocycles. The number of rotatable bonds is 5. The number of hydrogen-bond acceptors (Lipinski definition) is 2. The Morgan fingerprint density at radius 2 is 1.95 bits per heavy atom. The molecule has 2 aliphatic rings. The average molecular weight is 297 g/mol. The molecule has 0 aliphatic carbocycles. The second-order valence-electron chi connectivity index (χ2n) is 6.91. The molecule has 2 aliphatic heterocycles. The molecule has 1 aromatic carbocycles. The van der Waals surface area contributed by atoms with Gasteiger partial charge in [0.1, 0.15) is 6.29 Å². The molecular formula is C20H27NO. The van der Waals surface area contributed by atoms with Crippen LogP contribution in [0.2, 0.25) is 0 Å². The molecule has 0 aromatic heterocycles. The van der Waals surface area contributed by atoms with Gasteiger partial charge in [-0.3, -0.25) is 4.90 Å². The smallest absolute Gasteiger partial charge is 0.124 e. The Bertz CT molecular complexity index is 512. The van der Waals surface area contributed by atoms with Crippen molar-refractivity contribution in [3.8, 4) is 0 Å². The van der Waals surface area contributed by atoms with E-state index in [0.29, 0.717) is 24.0 Å². The van der Waals surface area contributed by atoms with E-state index in [-0.39, 0.29) is 5.92 Å². The van der Waals surface area contributed by atoms with E-state index in [1.165, 1.54) is 31.1 Å². The first-order valence-electron chi connectivity index (χ1n) is 8.64. The van der Waals surface area contributed by atoms with E-state index in [1.807, 2.05) is 6.08 Å². The summed E-state index contributed by atoms with van der Waals surface area (Å²) < 4.78 is 0. The van der Waals surface area contributed by atoms with Crippen molar-refractivity contribution in [3.63, 3.8) is 0 Å². The molecule has 0 saturated carbocycles. The summed E-state index contributed by atoms with van der Waals surface area (Å²) in [7, 11) is 0. The van der Waals surface area contributed by atoms with Gasteiger partial charge in [-0.15, -0.1) is 6.58 Å². The standard InChI is InChI=1S/C20H27NO/c1-3-7-17-10-11-18-12-13-20(19(17)14-22)21(18)15(2)16-8-5-4-6-9-16/h3-6,8-9,14-15,17-20H,1,7,10-13H2,2H3/t15-,17?,18-,19?,20-/m1/s1. The van der Waals surface area contributed by atoms with Crippen LogP contribution in [-0.2, 0) is 4.79 Å². The Labute approximate surface area is 134 Å². The van der Waals surface area contributed by atoms with Crippen molar-refractivity contribution < 1.29 is 4.79 Å². The van der Waals surface area contributed by atoms with E-state index in [0.717, 1.165) is 12.8 Å². The molecule has 2 saturated heterocycles. The van der Waals surface area contributed by atoms with Crippen LogP contribution in [0.25, 0.3) is 0 Å². The monoisotopic (exact) mass is 297 g/mol. The first-order chi connectivity index (χ1) is 10.8. The first-order valence-corrected chi connectivity index (χ1v) is 8.64. The zero-order valence-electron chi connectivity index (χ0n) is 13.5. The fraction of sp³-hybridized carbons (Fsp3) is 0.550. The van der Waals surface area contributed by atoms with Gasteiger partial charge < -0.3 is 4.79 Å². The number of aldehydes is 1. The lowest BCUT2D eigenvalue weighted by molar-refractivity contribution is -0.114. The maximum absolute atomic E-state index is 11.8. The number of benzene rings is 1. The van der Waals surface area contributed by atoms with Crippen LogP contribution in [0.5, 0.6) is 0 Å². The van der Waals surface area contributed by atoms with Crippen molar-refractivity contribution in [3.05, 3.63) is 48.6 Å². The fourth-order valence-electron chi connectivity index (χ4n) is 4.73. The normalized spacial score (nSPS) is 33.1. The number of carbonyl (C=O) groups excluding carboxylic acids is 1. The molecule has 5 atom stereocenters. The molecule has 1 aromatic rings. The van der Waals surface area contributed by atoms with Gasteiger partial charge in [0.25, 0.3) is 0 Å². The molecule has 2 heteroatoms. The first kappa shape index (κ1) is 15.5. The number of fused-ring (bicyclic) bond motifs is 2. The van der Waals surface area contributed by atoms with Crippen LogP contribution in [-0.4, -0.2) is 23.3 Å². The van der Waals surface area contributed by atoms with Crippen LogP contribution in [0.15, 0.2) is 43.0 Å². The molecule has 2 nitrogen and oxygen atoms in total. The number of allylic oxidation sites excluding steroid dienone is 1. The molecule has 2 unspecified atom stereocenters. The van der Waals surface area contributed by atoms with E-state index in [4.69, 9.17) is 0 Å². The van der Waals surface area contributed by atoms with E-state index in [9.17, 15) is 4.79 Å². The maximum Gasteiger partial charge on any atom is 0.124 e. The lowest BCUT2D eigenvalue weighted by Crippen LogP contribution is -2.42. The zero-order valence-corrected chi connectivity index (χ0v) is 13.5. The van der Waals surface area contributed by atoms with Crippen molar-refractivity contribution in [1.29, 1.82) is 0 Å². The minimum Gasteiger partial charge on any atom is -0.303 e. The quantitative estimate of drug-likeness (QED) is 0.594. The van der Waals surface area contributed by atoms with Crippen LogP contribution >= 0.6 is 0 Å². The van der Waals surface area contributed by atoms with Gasteiger partial charge in [0.15, 0.2) is 0 Å². The molecule has 118 valence electrons. The van der Waals surface area contributed by atoms with Gasteiger partial charge in [-0.25, -0.2) is 0 Å². The topological polar surface area (TPSA) is 20.3 Å². The Morgan fingerprint density at radius 3 is 2.64 bits per heavy atom. The lowest BCUT2D eigenvalue weighted by Gasteiger charge is -2.37. The molecule has 3 rings (SSSR count). The maximum atomic E-state index is 11.8. The molecule has 0 amide bonds. The largest absolute Gasteiger partial charge is 0.303 e. The van der Waals surface area contributed by atoms with Crippen molar-refractivity contribution in [2.75, 3.05) is 0 Å². The highest BCUT2D eigenvalue weighted by molar-refractivity contribution is 5.56. The van der Waals surface area contributed by atoms with Crippen LogP contribution in [0.1, 0.15) is 50.6 Å². The highest BCUT2D eigenvalue weighted by Gasteiger charge is 2.45. The number of nitrogens with zero attached hydrogens (tertiary/aromatic N) is 1. The van der Waals surface area contributed by atoms with Crippen LogP contribution in [0, 0.1) is 11.8 Å². The van der Waals surface area contributed by atoms with Crippen LogP contribution in [0.4, 0.5) is 0 Å². The Balaban J connectivity index is 1.88. The summed E-state index contributed by atoms with van der Waals surface area (Å²) >= 11 is 0. The van der Waals surface area contributed by atoms with Crippen molar-refractivity contribution in [1.82, 2.24) is 4.90 Å². The molecule has 22 heavy (non-hydrogen) atoms. The Kier molecular flexibility index (Phi) is 4.77. The highest BCUT2D eigenvalue weighted by Crippen LogP contribution is 2.44. The number of hydrogen-bond donors (Lipinski definition) is 0. The van der Waals surface area contributed by atoms with Crippen molar-refractivity contribution >= 4 is 6.29 Å².